The Hall–Kier alpha value is -3.24. The van der Waals surface area contributed by atoms with Crippen molar-refractivity contribution in [3.05, 3.63) is 94.2 Å². The first-order valence-corrected chi connectivity index (χ1v) is 13.9. The van der Waals surface area contributed by atoms with Gasteiger partial charge in [0, 0.05) is 17.6 Å². The van der Waals surface area contributed by atoms with Gasteiger partial charge in [-0.2, -0.15) is 0 Å². The van der Waals surface area contributed by atoms with E-state index in [4.69, 9.17) is 0 Å². The van der Waals surface area contributed by atoms with Crippen LogP contribution in [0.3, 0.4) is 0 Å². The lowest BCUT2D eigenvalue weighted by Crippen LogP contribution is -2.51. The Balaban J connectivity index is 2.01. The van der Waals surface area contributed by atoms with Crippen LogP contribution in [-0.4, -0.2) is 44.3 Å². The maximum absolute atomic E-state index is 13.7. The number of likely N-dealkylation sites (N-methyl/N-ethyl adjacent to an activating group) is 1. The Bertz CT molecular complexity index is 1330. The molecule has 10 heteroatoms. The van der Waals surface area contributed by atoms with Crippen molar-refractivity contribution in [1.29, 1.82) is 0 Å². The van der Waals surface area contributed by atoms with Gasteiger partial charge in [0.1, 0.15) is 18.4 Å². The summed E-state index contributed by atoms with van der Waals surface area (Å²) in [5, 5.41) is 2.70. The number of anilines is 1. The van der Waals surface area contributed by atoms with Gasteiger partial charge in [0.15, 0.2) is 0 Å². The molecule has 0 saturated heterocycles. The largest absolute Gasteiger partial charge is 0.355 e. The minimum absolute atomic E-state index is 0.00380. The number of sulfonamides is 1. The average Bonchev–Trinajstić information content (AvgIpc) is 2.87. The molecule has 1 N–H and O–H groups in total. The first kappa shape index (κ1) is 28.3. The van der Waals surface area contributed by atoms with Crippen molar-refractivity contribution in [2.45, 2.75) is 38.3 Å². The number of amides is 2. The summed E-state index contributed by atoms with van der Waals surface area (Å²) in [6, 6.07) is 17.6. The van der Waals surface area contributed by atoms with Crippen LogP contribution >= 0.6 is 15.9 Å². The van der Waals surface area contributed by atoms with Gasteiger partial charge in [-0.1, -0.05) is 45.8 Å². The van der Waals surface area contributed by atoms with E-state index in [0.717, 1.165) is 14.3 Å². The van der Waals surface area contributed by atoms with Crippen LogP contribution in [0.1, 0.15) is 25.0 Å². The van der Waals surface area contributed by atoms with Crippen LogP contribution in [0.5, 0.6) is 0 Å². The molecular weight excluding hydrogens is 561 g/mol. The molecule has 3 rings (SSSR count). The smallest absolute Gasteiger partial charge is 0.264 e. The molecule has 3 aromatic carbocycles. The summed E-state index contributed by atoms with van der Waals surface area (Å²) in [7, 11) is -4.13. The Morgan fingerprint density at radius 2 is 1.57 bits per heavy atom. The lowest BCUT2D eigenvalue weighted by Gasteiger charge is -2.32. The number of rotatable bonds is 10. The van der Waals surface area contributed by atoms with Gasteiger partial charge in [-0.25, -0.2) is 12.8 Å². The molecule has 1 atom stereocenters. The molecule has 7 nitrogen and oxygen atoms in total. The number of carbonyl (C=O) groups excluding carboxylic acids is 2. The first-order chi connectivity index (χ1) is 17.5. The highest BCUT2D eigenvalue weighted by Crippen LogP contribution is 2.26. The number of hydrogen-bond acceptors (Lipinski definition) is 4. The monoisotopic (exact) mass is 589 g/mol. The van der Waals surface area contributed by atoms with Crippen molar-refractivity contribution in [2.75, 3.05) is 17.4 Å². The normalized spacial score (nSPS) is 12.0. The summed E-state index contributed by atoms with van der Waals surface area (Å²) in [5.41, 5.74) is 1.79. The van der Waals surface area contributed by atoms with Crippen LogP contribution in [0.15, 0.2) is 82.2 Å². The lowest BCUT2D eigenvalue weighted by molar-refractivity contribution is -0.139. The van der Waals surface area contributed by atoms with Gasteiger partial charge in [0.2, 0.25) is 11.8 Å². The van der Waals surface area contributed by atoms with E-state index >= 15 is 0 Å². The van der Waals surface area contributed by atoms with Gasteiger partial charge in [-0.05, 0) is 74.9 Å². The van der Waals surface area contributed by atoms with Gasteiger partial charge >= 0.3 is 0 Å². The van der Waals surface area contributed by atoms with E-state index in [1.54, 1.807) is 50.2 Å². The van der Waals surface area contributed by atoms with Crippen LogP contribution in [0.25, 0.3) is 0 Å². The van der Waals surface area contributed by atoms with Crippen LogP contribution < -0.4 is 9.62 Å². The zero-order chi connectivity index (χ0) is 27.2. The molecule has 0 aliphatic rings. The van der Waals surface area contributed by atoms with Crippen molar-refractivity contribution in [1.82, 2.24) is 10.2 Å². The van der Waals surface area contributed by atoms with Crippen molar-refractivity contribution < 1.29 is 22.4 Å². The molecule has 0 heterocycles. The van der Waals surface area contributed by atoms with Gasteiger partial charge in [0.05, 0.1) is 10.6 Å². The summed E-state index contributed by atoms with van der Waals surface area (Å²) in [6.45, 7) is 5.01. The second kappa shape index (κ2) is 12.3. The quantitative estimate of drug-likeness (QED) is 0.373. The molecule has 2 amide bonds. The van der Waals surface area contributed by atoms with Crippen LogP contribution in [0.4, 0.5) is 10.1 Å². The maximum Gasteiger partial charge on any atom is 0.264 e. The van der Waals surface area contributed by atoms with Crippen molar-refractivity contribution in [2.24, 2.45) is 0 Å². The zero-order valence-electron chi connectivity index (χ0n) is 20.8. The molecular formula is C27H29BrFN3O4S. The fraction of sp³-hybridized carbons (Fsp3) is 0.259. The molecule has 0 saturated carbocycles. The Morgan fingerprint density at radius 3 is 2.14 bits per heavy atom. The van der Waals surface area contributed by atoms with E-state index < -0.39 is 34.3 Å². The fourth-order valence-corrected chi connectivity index (χ4v) is 5.34. The minimum atomic E-state index is -4.13. The molecule has 0 aliphatic heterocycles. The van der Waals surface area contributed by atoms with Gasteiger partial charge in [0.25, 0.3) is 10.0 Å². The number of nitrogens with one attached hydrogen (secondary N) is 1. The van der Waals surface area contributed by atoms with Crippen molar-refractivity contribution in [3.63, 3.8) is 0 Å². The number of benzene rings is 3. The third-order valence-electron chi connectivity index (χ3n) is 5.79. The molecule has 0 bridgehead atoms. The van der Waals surface area contributed by atoms with E-state index in [2.05, 4.69) is 21.2 Å². The molecule has 3 aromatic rings. The van der Waals surface area contributed by atoms with Crippen LogP contribution in [0.2, 0.25) is 0 Å². The predicted octanol–water partition coefficient (Wildman–Crippen LogP) is 4.65. The minimum Gasteiger partial charge on any atom is -0.355 e. The predicted molar refractivity (Wildman–Crippen MR) is 145 cm³/mol. The molecule has 0 aromatic heterocycles. The van der Waals surface area contributed by atoms with E-state index in [1.165, 1.54) is 41.3 Å². The standard InChI is InChI=1S/C27H29BrFN3O4S/c1-4-30-27(34)20(3)31(17-21-7-11-23(29)12-8-21)26(33)18-32(24-13-9-22(28)10-14-24)37(35,36)25-15-5-19(2)6-16-25/h5-16,20H,4,17-18H2,1-3H3,(H,30,34). The van der Waals surface area contributed by atoms with Crippen LogP contribution in [0, 0.1) is 12.7 Å². The third-order valence-corrected chi connectivity index (χ3v) is 8.10. The highest BCUT2D eigenvalue weighted by Gasteiger charge is 2.32. The third kappa shape index (κ3) is 7.17. The van der Waals surface area contributed by atoms with Crippen molar-refractivity contribution >= 4 is 43.5 Å². The average molecular weight is 591 g/mol. The van der Waals surface area contributed by atoms with Crippen molar-refractivity contribution in [3.8, 4) is 0 Å². The number of hydrogen-bond donors (Lipinski definition) is 1. The topological polar surface area (TPSA) is 86.8 Å². The molecule has 196 valence electrons. The lowest BCUT2D eigenvalue weighted by atomic mass is 10.1. The zero-order valence-corrected chi connectivity index (χ0v) is 23.2. The number of aryl methyl sites for hydroxylation is 1. The van der Waals surface area contributed by atoms with E-state index in [-0.39, 0.29) is 17.3 Å². The molecule has 0 spiro atoms. The van der Waals surface area contributed by atoms with Gasteiger partial charge in [-0.3, -0.25) is 13.9 Å². The number of carbonyl (C=O) groups is 2. The summed E-state index contributed by atoms with van der Waals surface area (Å²) in [6.07, 6.45) is 0. The summed E-state index contributed by atoms with van der Waals surface area (Å²) < 4.78 is 42.7. The molecule has 0 radical (unpaired) electrons. The highest BCUT2D eigenvalue weighted by molar-refractivity contribution is 9.10. The van der Waals surface area contributed by atoms with Gasteiger partial charge < -0.3 is 10.2 Å². The van der Waals surface area contributed by atoms with E-state index in [9.17, 15) is 22.4 Å². The second-order valence-corrected chi connectivity index (χ2v) is 11.3. The Labute approximate surface area is 225 Å². The number of halogens is 2. The fourth-order valence-electron chi connectivity index (χ4n) is 3.66. The molecule has 37 heavy (non-hydrogen) atoms. The highest BCUT2D eigenvalue weighted by atomic mass is 79.9. The first-order valence-electron chi connectivity index (χ1n) is 11.7. The van der Waals surface area contributed by atoms with E-state index in [0.29, 0.717) is 17.8 Å². The summed E-state index contributed by atoms with van der Waals surface area (Å²) >= 11 is 3.35. The number of nitrogens with zero attached hydrogens (tertiary/aromatic N) is 2. The summed E-state index contributed by atoms with van der Waals surface area (Å²) in [4.78, 5) is 27.7. The van der Waals surface area contributed by atoms with Gasteiger partial charge in [-0.15, -0.1) is 0 Å². The molecule has 0 fully saturated rings. The maximum atomic E-state index is 13.7. The van der Waals surface area contributed by atoms with E-state index in [1.807, 2.05) is 6.92 Å². The van der Waals surface area contributed by atoms with Crippen LogP contribution in [-0.2, 0) is 26.2 Å². The molecule has 0 aliphatic carbocycles. The SMILES string of the molecule is CCNC(=O)C(C)N(Cc1ccc(F)cc1)C(=O)CN(c1ccc(Br)cc1)S(=O)(=O)c1ccc(C)cc1. The molecule has 1 unspecified atom stereocenters. The Kier molecular flexibility index (Phi) is 9.45. The summed E-state index contributed by atoms with van der Waals surface area (Å²) in [5.74, 6) is -1.39. The Morgan fingerprint density at radius 1 is 0.973 bits per heavy atom. The second-order valence-electron chi connectivity index (χ2n) is 8.52.